The third-order valence-corrected chi connectivity index (χ3v) is 6.91. The first-order valence-electron chi connectivity index (χ1n) is 12.1. The normalized spacial score (nSPS) is 12.5. The lowest BCUT2D eigenvalue weighted by molar-refractivity contribution is -0.119. The molecule has 9 nitrogen and oxygen atoms in total. The number of amides is 3. The predicted molar refractivity (Wildman–Crippen MR) is 146 cm³/mol. The summed E-state index contributed by atoms with van der Waals surface area (Å²) in [6.45, 7) is 5.23. The average Bonchev–Trinajstić information content (AvgIpc) is 3.42. The minimum absolute atomic E-state index is 0.0301. The van der Waals surface area contributed by atoms with Crippen LogP contribution in [0.25, 0.3) is 11.1 Å². The van der Waals surface area contributed by atoms with Crippen LogP contribution in [0.15, 0.2) is 47.8 Å². The van der Waals surface area contributed by atoms with E-state index in [-0.39, 0.29) is 46.3 Å². The number of anilines is 1. The van der Waals surface area contributed by atoms with Crippen molar-refractivity contribution in [2.45, 2.75) is 20.8 Å². The van der Waals surface area contributed by atoms with Gasteiger partial charge in [0.05, 0.1) is 23.3 Å². The third kappa shape index (κ3) is 6.02. The minimum atomic E-state index is -0.839. The summed E-state index contributed by atoms with van der Waals surface area (Å²) in [7, 11) is 0. The molecule has 1 aliphatic heterocycles. The van der Waals surface area contributed by atoms with Gasteiger partial charge < -0.3 is 14.8 Å². The maximum atomic E-state index is 12.7. The van der Waals surface area contributed by atoms with E-state index >= 15 is 0 Å². The van der Waals surface area contributed by atoms with E-state index < -0.39 is 36.3 Å². The van der Waals surface area contributed by atoms with E-state index in [4.69, 9.17) is 21.1 Å². The number of nitrogens with zero attached hydrogens (tertiary/aromatic N) is 1. The summed E-state index contributed by atoms with van der Waals surface area (Å²) in [5.41, 5.74) is 1.81. The smallest absolute Gasteiger partial charge is 0.341 e. The molecule has 0 spiro atoms. The van der Waals surface area contributed by atoms with Gasteiger partial charge in [-0.3, -0.25) is 19.3 Å². The lowest BCUT2D eigenvalue weighted by Crippen LogP contribution is -2.33. The fourth-order valence-corrected chi connectivity index (χ4v) is 5.12. The highest BCUT2D eigenvalue weighted by Crippen LogP contribution is 2.36. The summed E-state index contributed by atoms with van der Waals surface area (Å²) in [4.78, 5) is 64.4. The second-order valence-electron chi connectivity index (χ2n) is 9.08. The van der Waals surface area contributed by atoms with E-state index in [9.17, 15) is 24.0 Å². The maximum Gasteiger partial charge on any atom is 0.341 e. The maximum absolute atomic E-state index is 12.7. The number of hydrogen-bond acceptors (Lipinski definition) is 8. The molecule has 0 saturated carbocycles. The van der Waals surface area contributed by atoms with Crippen LogP contribution in [-0.4, -0.2) is 54.3 Å². The number of fused-ring (bicyclic) bond motifs is 1. The summed E-state index contributed by atoms with van der Waals surface area (Å²) in [6, 6.07) is 10.9. The monoisotopic (exact) mass is 568 g/mol. The molecule has 202 valence electrons. The van der Waals surface area contributed by atoms with Crippen molar-refractivity contribution >= 4 is 57.6 Å². The molecule has 11 heteroatoms. The highest BCUT2D eigenvalue weighted by Gasteiger charge is 2.36. The molecule has 1 aliphatic rings. The summed E-state index contributed by atoms with van der Waals surface area (Å²) in [6.07, 6.45) is 0. The van der Waals surface area contributed by atoms with E-state index in [2.05, 4.69) is 5.32 Å². The second-order valence-corrected chi connectivity index (χ2v) is 10.4. The number of halogens is 1. The van der Waals surface area contributed by atoms with Gasteiger partial charge in [-0.2, -0.15) is 0 Å². The molecule has 3 aromatic rings. The van der Waals surface area contributed by atoms with Crippen molar-refractivity contribution in [2.24, 2.45) is 5.92 Å². The van der Waals surface area contributed by atoms with Crippen LogP contribution in [0, 0.1) is 5.92 Å². The van der Waals surface area contributed by atoms with Crippen molar-refractivity contribution in [3.63, 3.8) is 0 Å². The molecule has 2 heterocycles. The van der Waals surface area contributed by atoms with Gasteiger partial charge in [-0.15, -0.1) is 11.3 Å². The Balaban J connectivity index is 1.45. The zero-order valence-corrected chi connectivity index (χ0v) is 23.0. The number of rotatable bonds is 9. The van der Waals surface area contributed by atoms with Gasteiger partial charge in [-0.1, -0.05) is 37.6 Å². The zero-order valence-electron chi connectivity index (χ0n) is 21.4. The lowest BCUT2D eigenvalue weighted by Gasteiger charge is -2.15. The third-order valence-electron chi connectivity index (χ3n) is 5.77. The van der Waals surface area contributed by atoms with E-state index in [1.165, 1.54) is 18.2 Å². The fourth-order valence-electron chi connectivity index (χ4n) is 4.02. The van der Waals surface area contributed by atoms with Crippen LogP contribution in [0.1, 0.15) is 62.2 Å². The van der Waals surface area contributed by atoms with E-state index in [0.717, 1.165) is 16.2 Å². The lowest BCUT2D eigenvalue weighted by atomic mass is 10.0. The molecule has 2 aromatic carbocycles. The van der Waals surface area contributed by atoms with Crippen LogP contribution in [0.3, 0.4) is 0 Å². The van der Waals surface area contributed by atoms with Crippen molar-refractivity contribution in [3.05, 3.63) is 75.1 Å². The van der Waals surface area contributed by atoms with Crippen molar-refractivity contribution in [3.8, 4) is 11.1 Å². The van der Waals surface area contributed by atoms with Gasteiger partial charge in [0.2, 0.25) is 0 Å². The summed E-state index contributed by atoms with van der Waals surface area (Å²) in [5, 5.41) is 5.10. The standard InChI is InChI=1S/C28H25ClN2O7S/c1-4-37-28(36)23-21(16-5-8-18(29)9-6-16)14-39-24(23)30-22(32)13-38-27(35)17-7-10-19-20(11-17)26(34)31(25(19)33)12-15(2)3/h5-11,14-15H,4,12-13H2,1-3H3,(H,30,32). The number of ether oxygens (including phenoxy) is 2. The summed E-state index contributed by atoms with van der Waals surface area (Å²) >= 11 is 7.10. The molecule has 1 aromatic heterocycles. The molecule has 3 amide bonds. The predicted octanol–water partition coefficient (Wildman–Crippen LogP) is 5.29. The van der Waals surface area contributed by atoms with Gasteiger partial charge in [0.15, 0.2) is 6.61 Å². The minimum Gasteiger partial charge on any atom is -0.462 e. The summed E-state index contributed by atoms with van der Waals surface area (Å²) in [5.74, 6) is -2.92. The second kappa shape index (κ2) is 11.8. The Labute approximate surface area is 233 Å². The van der Waals surface area contributed by atoms with Gasteiger partial charge in [-0.05, 0) is 48.7 Å². The topological polar surface area (TPSA) is 119 Å². The first kappa shape index (κ1) is 28.0. The number of thiophene rings is 1. The Morgan fingerprint density at radius 3 is 2.31 bits per heavy atom. The molecule has 0 unspecified atom stereocenters. The Morgan fingerprint density at radius 2 is 1.64 bits per heavy atom. The molecule has 0 fully saturated rings. The number of imide groups is 1. The first-order valence-corrected chi connectivity index (χ1v) is 13.4. The molecule has 0 saturated heterocycles. The van der Waals surface area contributed by atoms with Gasteiger partial charge in [0.1, 0.15) is 10.6 Å². The van der Waals surface area contributed by atoms with Crippen LogP contribution in [0.5, 0.6) is 0 Å². The van der Waals surface area contributed by atoms with E-state index in [1.807, 2.05) is 13.8 Å². The van der Waals surface area contributed by atoms with Gasteiger partial charge >= 0.3 is 11.9 Å². The Hall–Kier alpha value is -4.02. The van der Waals surface area contributed by atoms with Crippen molar-refractivity contribution in [1.29, 1.82) is 0 Å². The first-order chi connectivity index (χ1) is 18.6. The van der Waals surface area contributed by atoms with E-state index in [1.54, 1.807) is 36.6 Å². The van der Waals surface area contributed by atoms with Gasteiger partial charge in [0.25, 0.3) is 17.7 Å². The summed E-state index contributed by atoms with van der Waals surface area (Å²) < 4.78 is 10.3. The molecule has 0 radical (unpaired) electrons. The van der Waals surface area contributed by atoms with E-state index in [0.29, 0.717) is 16.1 Å². The van der Waals surface area contributed by atoms with Gasteiger partial charge in [0, 0.05) is 22.5 Å². The quantitative estimate of drug-likeness (QED) is 0.275. The largest absolute Gasteiger partial charge is 0.462 e. The number of carbonyl (C=O) groups excluding carboxylic acids is 5. The highest BCUT2D eigenvalue weighted by molar-refractivity contribution is 7.15. The Kier molecular flexibility index (Phi) is 8.47. The van der Waals surface area contributed by atoms with Crippen molar-refractivity contribution in [1.82, 2.24) is 4.90 Å². The SMILES string of the molecule is CCOC(=O)c1c(-c2ccc(Cl)cc2)csc1NC(=O)COC(=O)c1ccc2c(c1)C(=O)N(CC(C)C)C2=O. The Morgan fingerprint density at radius 1 is 0.949 bits per heavy atom. The Bertz CT molecular complexity index is 1460. The molecule has 0 bridgehead atoms. The molecule has 1 N–H and O–H groups in total. The molecular formula is C28H25ClN2O7S. The van der Waals surface area contributed by atoms with Crippen LogP contribution < -0.4 is 5.32 Å². The number of hydrogen-bond donors (Lipinski definition) is 1. The number of benzene rings is 2. The highest BCUT2D eigenvalue weighted by atomic mass is 35.5. The van der Waals surface area contributed by atoms with Crippen molar-refractivity contribution < 1.29 is 33.4 Å². The number of nitrogens with one attached hydrogen (secondary N) is 1. The molecule has 0 atom stereocenters. The zero-order chi connectivity index (χ0) is 28.3. The average molecular weight is 569 g/mol. The van der Waals surface area contributed by atoms with Crippen molar-refractivity contribution in [2.75, 3.05) is 25.1 Å². The van der Waals surface area contributed by atoms with Crippen LogP contribution in [0.2, 0.25) is 5.02 Å². The molecule has 0 aliphatic carbocycles. The van der Waals surface area contributed by atoms with Gasteiger partial charge in [-0.25, -0.2) is 9.59 Å². The fraction of sp³-hybridized carbons (Fsp3) is 0.250. The molecular weight excluding hydrogens is 544 g/mol. The molecule has 39 heavy (non-hydrogen) atoms. The number of carbonyl (C=O) groups is 5. The van der Waals surface area contributed by atoms with Crippen LogP contribution in [0.4, 0.5) is 5.00 Å². The molecule has 4 rings (SSSR count). The number of esters is 2. The van der Waals surface area contributed by atoms with Crippen LogP contribution >= 0.6 is 22.9 Å². The van der Waals surface area contributed by atoms with Crippen LogP contribution in [-0.2, 0) is 14.3 Å².